The van der Waals surface area contributed by atoms with Gasteiger partial charge in [-0.25, -0.2) is 0 Å². The molecule has 0 heterocycles. The van der Waals surface area contributed by atoms with Gasteiger partial charge in [0.15, 0.2) is 0 Å². The van der Waals surface area contributed by atoms with Crippen LogP contribution < -0.4 is 0 Å². The summed E-state index contributed by atoms with van der Waals surface area (Å²) < 4.78 is 0. The maximum Gasteiger partial charge on any atom is -0.0445 e. The molecule has 0 aliphatic rings. The van der Waals surface area contributed by atoms with Crippen molar-refractivity contribution in [2.75, 3.05) is 0 Å². The minimum atomic E-state index is 1.17. The van der Waals surface area contributed by atoms with Crippen LogP contribution >= 0.6 is 0 Å². The maximum absolute atomic E-state index is 3.56. The first-order valence-corrected chi connectivity index (χ1v) is 7.00. The molecule has 0 aliphatic heterocycles. The van der Waals surface area contributed by atoms with Gasteiger partial charge in [0.25, 0.3) is 0 Å². The quantitative estimate of drug-likeness (QED) is 0.338. The van der Waals surface area contributed by atoms with E-state index in [1.54, 1.807) is 0 Å². The Balaban J connectivity index is -0.0000000315. The second kappa shape index (κ2) is 85.2. The zero-order chi connectivity index (χ0) is 17.8. The highest BCUT2D eigenvalue weighted by Gasteiger charge is 1.51. The molecule has 0 saturated carbocycles. The van der Waals surface area contributed by atoms with Crippen LogP contribution in [0.2, 0.25) is 0 Å². The predicted octanol–water partition coefficient (Wildman–Crippen LogP) is 7.93. The molecule has 0 saturated heterocycles. The fourth-order valence-electron chi connectivity index (χ4n) is 0.222. The Labute approximate surface area is 131 Å². The van der Waals surface area contributed by atoms with Gasteiger partial charge in [0.2, 0.25) is 0 Å². The number of hydrogen-bond donors (Lipinski definition) is 0. The Kier molecular flexibility index (Phi) is 154. The number of allylic oxidation sites excluding steroid dienone is 7. The van der Waals surface area contributed by atoms with Crippen molar-refractivity contribution in [3.63, 3.8) is 0 Å². The molecule has 120 valence electrons. The third-order valence-electron chi connectivity index (χ3n) is 0.829. The van der Waals surface area contributed by atoms with Crippen LogP contribution in [0.4, 0.5) is 0 Å². The van der Waals surface area contributed by atoms with Crippen LogP contribution in [0.3, 0.4) is 0 Å². The van der Waals surface area contributed by atoms with Gasteiger partial charge in [0, 0.05) is 0 Å². The Morgan fingerprint density at radius 3 is 0.800 bits per heavy atom. The van der Waals surface area contributed by atoms with Crippen molar-refractivity contribution >= 4 is 0 Å². The average molecular weight is 281 g/mol. The van der Waals surface area contributed by atoms with Crippen LogP contribution in [0.5, 0.6) is 0 Å². The molecule has 20 heavy (non-hydrogen) atoms. The summed E-state index contributed by atoms with van der Waals surface area (Å²) in [7, 11) is 0. The van der Waals surface area contributed by atoms with Crippen molar-refractivity contribution in [3.8, 4) is 0 Å². The fraction of sp³-hybridized carbons (Fsp3) is 0.400. The standard InChI is InChI=1S/C6H10.2C4H8.C2H6.2C2H4/c1-3-5-6-4-2;1-4(2)3;1-3-4-2;3*1-2/h3-6H,1-2H3;1H2,2-3H3;3-4H,1-2H3;1-2H3;2*1-2H2/b5-3-,6-4-;;4-3-;;;. The molecule has 0 bridgehead atoms. The van der Waals surface area contributed by atoms with Crippen LogP contribution in [0, 0.1) is 0 Å². The molecule has 0 aliphatic carbocycles. The van der Waals surface area contributed by atoms with Gasteiger partial charge in [-0.05, 0) is 41.5 Å². The Morgan fingerprint density at radius 2 is 0.750 bits per heavy atom. The minimum Gasteiger partial charge on any atom is -0.106 e. The second-order valence-corrected chi connectivity index (χ2v) is 2.93. The van der Waals surface area contributed by atoms with E-state index in [4.69, 9.17) is 0 Å². The van der Waals surface area contributed by atoms with Gasteiger partial charge in [0.1, 0.15) is 0 Å². The lowest BCUT2D eigenvalue weighted by atomic mass is 10.4. The van der Waals surface area contributed by atoms with Gasteiger partial charge in [-0.15, -0.1) is 32.9 Å². The lowest BCUT2D eigenvalue weighted by molar-refractivity contribution is 1.42. The molecule has 0 nitrogen and oxygen atoms in total. The monoisotopic (exact) mass is 280 g/mol. The molecule has 0 fully saturated rings. The fourth-order valence-corrected chi connectivity index (χ4v) is 0.222. The first kappa shape index (κ1) is 36.2. The number of rotatable bonds is 1. The van der Waals surface area contributed by atoms with Gasteiger partial charge in [-0.3, -0.25) is 0 Å². The lowest BCUT2D eigenvalue weighted by Crippen LogP contribution is -1.43. The Hall–Kier alpha value is -1.56. The molecular weight excluding hydrogens is 240 g/mol. The molecule has 0 rings (SSSR count). The van der Waals surface area contributed by atoms with Crippen LogP contribution in [0.1, 0.15) is 55.4 Å². The van der Waals surface area contributed by atoms with E-state index in [2.05, 4.69) is 32.9 Å². The predicted molar refractivity (Wildman–Crippen MR) is 104 cm³/mol. The van der Waals surface area contributed by atoms with E-state index in [9.17, 15) is 0 Å². The van der Waals surface area contributed by atoms with Gasteiger partial charge in [-0.2, -0.15) is 0 Å². The third-order valence-corrected chi connectivity index (χ3v) is 0.829. The van der Waals surface area contributed by atoms with Gasteiger partial charge in [-0.1, -0.05) is 55.9 Å². The smallest absolute Gasteiger partial charge is 0.0445 e. The van der Waals surface area contributed by atoms with Crippen molar-refractivity contribution in [2.24, 2.45) is 0 Å². The summed E-state index contributed by atoms with van der Waals surface area (Å²) >= 11 is 0. The van der Waals surface area contributed by atoms with Crippen LogP contribution in [-0.4, -0.2) is 0 Å². The summed E-state index contributed by atoms with van der Waals surface area (Å²) in [5, 5.41) is 0. The highest BCUT2D eigenvalue weighted by molar-refractivity contribution is 4.98. The van der Waals surface area contributed by atoms with E-state index in [0.717, 1.165) is 0 Å². The van der Waals surface area contributed by atoms with E-state index in [1.165, 1.54) is 5.57 Å². The maximum atomic E-state index is 3.56. The Bertz CT molecular complexity index is 172. The van der Waals surface area contributed by atoms with E-state index in [-0.39, 0.29) is 0 Å². The van der Waals surface area contributed by atoms with Crippen LogP contribution in [0.15, 0.2) is 74.9 Å². The molecule has 0 spiro atoms. The molecule has 0 heteroatoms. The molecule has 0 aromatic rings. The van der Waals surface area contributed by atoms with Crippen molar-refractivity contribution in [1.29, 1.82) is 0 Å². The topological polar surface area (TPSA) is 0 Å². The van der Waals surface area contributed by atoms with E-state index in [0.29, 0.717) is 0 Å². The lowest BCUT2D eigenvalue weighted by Gasteiger charge is -1.65. The minimum absolute atomic E-state index is 1.17. The molecule has 0 aromatic heterocycles. The summed E-state index contributed by atoms with van der Waals surface area (Å²) in [6.45, 7) is 31.5. The van der Waals surface area contributed by atoms with Gasteiger partial charge < -0.3 is 0 Å². The van der Waals surface area contributed by atoms with Gasteiger partial charge in [0.05, 0.1) is 0 Å². The molecule has 0 unspecified atom stereocenters. The van der Waals surface area contributed by atoms with Crippen molar-refractivity contribution < 1.29 is 0 Å². The van der Waals surface area contributed by atoms with Crippen molar-refractivity contribution in [2.45, 2.75) is 55.4 Å². The van der Waals surface area contributed by atoms with Crippen LogP contribution in [0.25, 0.3) is 0 Å². The zero-order valence-corrected chi connectivity index (χ0v) is 15.5. The normalized spacial score (nSPS) is 7.40. The summed E-state index contributed by atoms with van der Waals surface area (Å²) in [4.78, 5) is 0. The summed E-state index contributed by atoms with van der Waals surface area (Å²) in [5.74, 6) is 0. The average Bonchev–Trinajstić information content (AvgIpc) is 2.51. The molecule has 0 radical (unpaired) electrons. The van der Waals surface area contributed by atoms with Crippen molar-refractivity contribution in [3.05, 3.63) is 74.9 Å². The summed E-state index contributed by atoms with van der Waals surface area (Å²) in [6.07, 6.45) is 12.0. The molecule has 0 aromatic carbocycles. The van der Waals surface area contributed by atoms with Gasteiger partial charge >= 0.3 is 0 Å². The largest absolute Gasteiger partial charge is 0.106 e. The van der Waals surface area contributed by atoms with E-state index in [1.807, 2.05) is 91.8 Å². The van der Waals surface area contributed by atoms with E-state index < -0.39 is 0 Å². The molecular formula is C20H40. The first-order chi connectivity index (χ1) is 9.56. The molecule has 0 N–H and O–H groups in total. The van der Waals surface area contributed by atoms with Crippen molar-refractivity contribution in [1.82, 2.24) is 0 Å². The zero-order valence-electron chi connectivity index (χ0n) is 15.5. The molecule has 0 atom stereocenters. The first-order valence-electron chi connectivity index (χ1n) is 7.00. The second-order valence-electron chi connectivity index (χ2n) is 2.93. The van der Waals surface area contributed by atoms with Crippen LogP contribution in [-0.2, 0) is 0 Å². The SMILES string of the molecule is C/C=C\C.C/C=C\C=C/C.C=C.C=C.C=C(C)C.CC. The third kappa shape index (κ3) is 658. The number of hydrogen-bond acceptors (Lipinski definition) is 0. The summed E-state index contributed by atoms with van der Waals surface area (Å²) in [6, 6.07) is 0. The molecule has 0 amide bonds. The van der Waals surface area contributed by atoms with E-state index >= 15 is 0 Å². The highest BCUT2D eigenvalue weighted by Crippen LogP contribution is 1.73. The highest BCUT2D eigenvalue weighted by atomic mass is 13.6. The summed E-state index contributed by atoms with van der Waals surface area (Å²) in [5.41, 5.74) is 1.17. The Morgan fingerprint density at radius 1 is 0.600 bits per heavy atom.